The Morgan fingerprint density at radius 2 is 1.91 bits per heavy atom. The molecule has 114 valence electrons. The standard InChI is InChI=1S/C19H21ClN2/c1-14(2)21-11-16-13-22(19-9-4-3-8-18(16)19)12-15-6-5-7-17(20)10-15/h3-10,13-14,21H,11-12H2,1-2H3. The Bertz CT molecular complexity index is 774. The van der Waals surface area contributed by atoms with E-state index >= 15 is 0 Å². The highest BCUT2D eigenvalue weighted by Crippen LogP contribution is 2.23. The lowest BCUT2D eigenvalue weighted by atomic mass is 10.1. The minimum atomic E-state index is 0.482. The van der Waals surface area contributed by atoms with Gasteiger partial charge in [0, 0.05) is 41.3 Å². The first-order valence-electron chi connectivity index (χ1n) is 7.68. The molecule has 3 heteroatoms. The van der Waals surface area contributed by atoms with Crippen LogP contribution in [0.5, 0.6) is 0 Å². The van der Waals surface area contributed by atoms with Gasteiger partial charge in [-0.3, -0.25) is 0 Å². The highest BCUT2D eigenvalue weighted by Gasteiger charge is 2.09. The molecule has 3 rings (SSSR count). The van der Waals surface area contributed by atoms with E-state index in [9.17, 15) is 0 Å². The Morgan fingerprint density at radius 3 is 2.68 bits per heavy atom. The van der Waals surface area contributed by atoms with Gasteiger partial charge in [-0.25, -0.2) is 0 Å². The average molecular weight is 313 g/mol. The number of hydrogen-bond acceptors (Lipinski definition) is 1. The molecule has 2 aromatic carbocycles. The van der Waals surface area contributed by atoms with Crippen molar-refractivity contribution in [3.05, 3.63) is 70.9 Å². The van der Waals surface area contributed by atoms with Gasteiger partial charge in [-0.2, -0.15) is 0 Å². The maximum Gasteiger partial charge on any atom is 0.0486 e. The zero-order valence-electron chi connectivity index (χ0n) is 13.0. The zero-order chi connectivity index (χ0) is 15.5. The van der Waals surface area contributed by atoms with Crippen molar-refractivity contribution in [1.82, 2.24) is 9.88 Å². The summed E-state index contributed by atoms with van der Waals surface area (Å²) in [7, 11) is 0. The maximum absolute atomic E-state index is 6.10. The molecule has 0 bridgehead atoms. The van der Waals surface area contributed by atoms with Crippen LogP contribution in [-0.4, -0.2) is 10.6 Å². The molecule has 0 spiro atoms. The summed E-state index contributed by atoms with van der Waals surface area (Å²) in [5.74, 6) is 0. The van der Waals surface area contributed by atoms with Gasteiger partial charge >= 0.3 is 0 Å². The monoisotopic (exact) mass is 312 g/mol. The van der Waals surface area contributed by atoms with E-state index in [4.69, 9.17) is 11.6 Å². The quantitative estimate of drug-likeness (QED) is 0.713. The number of hydrogen-bond donors (Lipinski definition) is 1. The normalized spacial score (nSPS) is 11.5. The summed E-state index contributed by atoms with van der Waals surface area (Å²) in [5.41, 5.74) is 3.82. The molecule has 0 saturated carbocycles. The number of nitrogens with one attached hydrogen (secondary N) is 1. The summed E-state index contributed by atoms with van der Waals surface area (Å²) in [6.07, 6.45) is 2.25. The van der Waals surface area contributed by atoms with Gasteiger partial charge in [0.25, 0.3) is 0 Å². The Balaban J connectivity index is 1.95. The van der Waals surface area contributed by atoms with Gasteiger partial charge in [0.1, 0.15) is 0 Å². The summed E-state index contributed by atoms with van der Waals surface area (Å²) in [4.78, 5) is 0. The predicted octanol–water partition coefficient (Wildman–Crippen LogP) is 4.84. The number of rotatable bonds is 5. The topological polar surface area (TPSA) is 17.0 Å². The van der Waals surface area contributed by atoms with Crippen LogP contribution in [-0.2, 0) is 13.1 Å². The van der Waals surface area contributed by atoms with Gasteiger partial charge in [-0.05, 0) is 29.3 Å². The molecule has 3 aromatic rings. The van der Waals surface area contributed by atoms with Crippen molar-refractivity contribution < 1.29 is 0 Å². The predicted molar refractivity (Wildman–Crippen MR) is 94.5 cm³/mol. The second kappa shape index (κ2) is 6.55. The molecule has 1 aromatic heterocycles. The molecule has 0 amide bonds. The van der Waals surface area contributed by atoms with Crippen LogP contribution in [0.2, 0.25) is 5.02 Å². The highest BCUT2D eigenvalue weighted by atomic mass is 35.5. The summed E-state index contributed by atoms with van der Waals surface area (Å²) >= 11 is 6.10. The molecule has 0 aliphatic carbocycles. The van der Waals surface area contributed by atoms with Crippen molar-refractivity contribution in [2.45, 2.75) is 33.0 Å². The average Bonchev–Trinajstić information content (AvgIpc) is 2.84. The lowest BCUT2D eigenvalue weighted by Crippen LogP contribution is -2.21. The van der Waals surface area contributed by atoms with E-state index in [1.54, 1.807) is 0 Å². The first-order chi connectivity index (χ1) is 10.6. The summed E-state index contributed by atoms with van der Waals surface area (Å²) in [6.45, 7) is 6.07. The van der Waals surface area contributed by atoms with Crippen LogP contribution in [0.1, 0.15) is 25.0 Å². The number of aromatic nitrogens is 1. The van der Waals surface area contributed by atoms with Crippen LogP contribution < -0.4 is 5.32 Å². The van der Waals surface area contributed by atoms with Crippen molar-refractivity contribution in [2.75, 3.05) is 0 Å². The number of fused-ring (bicyclic) bond motifs is 1. The van der Waals surface area contributed by atoms with E-state index in [0.29, 0.717) is 6.04 Å². The van der Waals surface area contributed by atoms with E-state index in [1.807, 2.05) is 18.2 Å². The number of nitrogens with zero attached hydrogens (tertiary/aromatic N) is 1. The minimum absolute atomic E-state index is 0.482. The Labute approximate surface area is 136 Å². The lowest BCUT2D eigenvalue weighted by Gasteiger charge is -2.06. The summed E-state index contributed by atoms with van der Waals surface area (Å²) in [5, 5.41) is 5.61. The molecule has 1 N–H and O–H groups in total. The van der Waals surface area contributed by atoms with Crippen molar-refractivity contribution >= 4 is 22.5 Å². The first-order valence-corrected chi connectivity index (χ1v) is 8.06. The molecule has 0 aliphatic rings. The molecule has 0 radical (unpaired) electrons. The maximum atomic E-state index is 6.10. The Kier molecular flexibility index (Phi) is 4.51. The third-order valence-electron chi connectivity index (χ3n) is 3.81. The van der Waals surface area contributed by atoms with Gasteiger partial charge < -0.3 is 9.88 Å². The first kappa shape index (κ1) is 15.1. The molecular weight excluding hydrogens is 292 g/mol. The SMILES string of the molecule is CC(C)NCc1cn(Cc2cccc(Cl)c2)c2ccccc12. The van der Waals surface area contributed by atoms with Gasteiger partial charge in [0.2, 0.25) is 0 Å². The van der Waals surface area contributed by atoms with Crippen LogP contribution in [0.15, 0.2) is 54.7 Å². The Morgan fingerprint density at radius 1 is 1.09 bits per heavy atom. The van der Waals surface area contributed by atoms with Crippen molar-refractivity contribution in [1.29, 1.82) is 0 Å². The zero-order valence-corrected chi connectivity index (χ0v) is 13.8. The third-order valence-corrected chi connectivity index (χ3v) is 4.05. The molecular formula is C19H21ClN2. The van der Waals surface area contributed by atoms with Gasteiger partial charge in [0.15, 0.2) is 0 Å². The van der Waals surface area contributed by atoms with Crippen LogP contribution in [0.3, 0.4) is 0 Å². The summed E-state index contributed by atoms with van der Waals surface area (Å²) in [6, 6.07) is 17.1. The van der Waals surface area contributed by atoms with Crippen molar-refractivity contribution in [3.63, 3.8) is 0 Å². The van der Waals surface area contributed by atoms with E-state index in [0.717, 1.165) is 18.1 Å². The van der Waals surface area contributed by atoms with Gasteiger partial charge in [-0.1, -0.05) is 55.8 Å². The molecule has 2 nitrogen and oxygen atoms in total. The molecule has 1 heterocycles. The largest absolute Gasteiger partial charge is 0.343 e. The van der Waals surface area contributed by atoms with E-state index in [2.05, 4.69) is 60.3 Å². The second-order valence-corrected chi connectivity index (χ2v) is 6.40. The molecule has 0 atom stereocenters. The van der Waals surface area contributed by atoms with Crippen LogP contribution in [0, 0.1) is 0 Å². The van der Waals surface area contributed by atoms with Gasteiger partial charge in [0.05, 0.1) is 0 Å². The van der Waals surface area contributed by atoms with Gasteiger partial charge in [-0.15, -0.1) is 0 Å². The van der Waals surface area contributed by atoms with Crippen LogP contribution >= 0.6 is 11.6 Å². The minimum Gasteiger partial charge on any atom is -0.343 e. The van der Waals surface area contributed by atoms with Crippen LogP contribution in [0.4, 0.5) is 0 Å². The fourth-order valence-corrected chi connectivity index (χ4v) is 2.95. The lowest BCUT2D eigenvalue weighted by molar-refractivity contribution is 0.589. The number of halogens is 1. The highest BCUT2D eigenvalue weighted by molar-refractivity contribution is 6.30. The van der Waals surface area contributed by atoms with Crippen LogP contribution in [0.25, 0.3) is 10.9 Å². The smallest absolute Gasteiger partial charge is 0.0486 e. The third kappa shape index (κ3) is 3.34. The second-order valence-electron chi connectivity index (χ2n) is 5.96. The van der Waals surface area contributed by atoms with E-state index in [-0.39, 0.29) is 0 Å². The molecule has 0 saturated heterocycles. The molecule has 0 aliphatic heterocycles. The summed E-state index contributed by atoms with van der Waals surface area (Å²) < 4.78 is 2.30. The van der Waals surface area contributed by atoms with E-state index in [1.165, 1.54) is 22.0 Å². The van der Waals surface area contributed by atoms with Crippen molar-refractivity contribution in [2.24, 2.45) is 0 Å². The molecule has 0 fully saturated rings. The van der Waals surface area contributed by atoms with Crippen molar-refractivity contribution in [3.8, 4) is 0 Å². The van der Waals surface area contributed by atoms with E-state index < -0.39 is 0 Å². The number of para-hydroxylation sites is 1. The fraction of sp³-hybridized carbons (Fsp3) is 0.263. The fourth-order valence-electron chi connectivity index (χ4n) is 2.74. The molecule has 22 heavy (non-hydrogen) atoms. The Hall–Kier alpha value is -1.77. The number of benzene rings is 2. The molecule has 0 unspecified atom stereocenters.